The Morgan fingerprint density at radius 2 is 1.32 bits per heavy atom. The summed E-state index contributed by atoms with van der Waals surface area (Å²) < 4.78 is 7.65. The number of allylic oxidation sites excluding steroid dienone is 4. The van der Waals surface area contributed by atoms with Crippen LogP contribution in [0.15, 0.2) is 20.6 Å². The SMILES string of the molecule is CCC[C]1(CCC)[CH2][Ti]1([NH]C(=O)C12CC3(C)CC(C)(CC(C)(C3)C1)C2)[C]1=C(C)C(C)=C(C)C1C. The fraction of sp³-hybridized carbons (Fsp3) is 0.839. The van der Waals surface area contributed by atoms with Crippen LogP contribution in [0.2, 0.25) is 8.45 Å². The van der Waals surface area contributed by atoms with Gasteiger partial charge in [0.25, 0.3) is 0 Å². The normalized spacial score (nSPS) is 46.4. The molecule has 1 saturated heterocycles. The van der Waals surface area contributed by atoms with Crippen LogP contribution in [-0.2, 0) is 21.6 Å². The third-order valence-electron chi connectivity index (χ3n) is 11.6. The van der Waals surface area contributed by atoms with Crippen LogP contribution in [0, 0.1) is 27.6 Å². The van der Waals surface area contributed by atoms with E-state index in [0.29, 0.717) is 31.8 Å². The summed E-state index contributed by atoms with van der Waals surface area (Å²) in [7, 11) is 0. The van der Waals surface area contributed by atoms with Crippen LogP contribution < -0.4 is 3.80 Å². The Balaban J connectivity index is 1.55. The molecule has 5 aliphatic carbocycles. The third kappa shape index (κ3) is 3.39. The zero-order chi connectivity index (χ0) is 24.9. The summed E-state index contributed by atoms with van der Waals surface area (Å²) in [6, 6.07) is 0. The molecular formula is C31H51NOTi. The molecule has 0 aromatic carbocycles. The maximum atomic E-state index is 14.7. The molecule has 0 radical (unpaired) electrons. The maximum absolute atomic E-state index is 14.7. The Hall–Kier alpha value is -0.336. The summed E-state index contributed by atoms with van der Waals surface area (Å²) in [5.74, 6) is 1.03. The van der Waals surface area contributed by atoms with Crippen molar-refractivity contribution in [2.45, 2.75) is 135 Å². The molecule has 1 heterocycles. The van der Waals surface area contributed by atoms with E-state index >= 15 is 0 Å². The quantitative estimate of drug-likeness (QED) is 0.347. The molecule has 1 N–H and O–H groups in total. The van der Waals surface area contributed by atoms with Crippen LogP contribution in [0.3, 0.4) is 0 Å². The molecule has 4 saturated carbocycles. The summed E-state index contributed by atoms with van der Waals surface area (Å²) in [6.45, 7) is 21.8. The van der Waals surface area contributed by atoms with Gasteiger partial charge in [0.1, 0.15) is 0 Å². The molecule has 0 aromatic rings. The summed E-state index contributed by atoms with van der Waals surface area (Å²) >= 11 is -2.79. The molecule has 0 spiro atoms. The van der Waals surface area contributed by atoms with Gasteiger partial charge < -0.3 is 0 Å². The van der Waals surface area contributed by atoms with Crippen molar-refractivity contribution >= 4 is 5.91 Å². The van der Waals surface area contributed by atoms with Gasteiger partial charge in [0, 0.05) is 0 Å². The topological polar surface area (TPSA) is 29.1 Å². The zero-order valence-corrected chi connectivity index (χ0v) is 25.3. The van der Waals surface area contributed by atoms with Gasteiger partial charge in [-0.15, -0.1) is 0 Å². The van der Waals surface area contributed by atoms with Crippen molar-refractivity contribution in [1.29, 1.82) is 0 Å². The van der Waals surface area contributed by atoms with Crippen molar-refractivity contribution < 1.29 is 21.6 Å². The average Bonchev–Trinajstić information content (AvgIpc) is 3.23. The van der Waals surface area contributed by atoms with Crippen LogP contribution in [0.4, 0.5) is 0 Å². The first kappa shape index (κ1) is 25.3. The number of amides is 1. The zero-order valence-electron chi connectivity index (χ0n) is 23.8. The van der Waals surface area contributed by atoms with Gasteiger partial charge in [0.2, 0.25) is 0 Å². The molecule has 2 unspecified atom stereocenters. The van der Waals surface area contributed by atoms with Gasteiger partial charge in [-0.2, -0.15) is 0 Å². The summed E-state index contributed by atoms with van der Waals surface area (Å²) in [5.41, 5.74) is 5.57. The van der Waals surface area contributed by atoms with E-state index in [-0.39, 0.29) is 5.41 Å². The molecule has 2 atom stereocenters. The van der Waals surface area contributed by atoms with E-state index in [9.17, 15) is 4.79 Å². The summed E-state index contributed by atoms with van der Waals surface area (Å²) in [6.07, 6.45) is 12.5. The molecule has 4 bridgehead atoms. The molecule has 1 aliphatic heterocycles. The average molecular weight is 502 g/mol. The molecular weight excluding hydrogens is 450 g/mol. The van der Waals surface area contributed by atoms with Gasteiger partial charge in [0.15, 0.2) is 0 Å². The van der Waals surface area contributed by atoms with Gasteiger partial charge >= 0.3 is 214 Å². The number of hydrogen-bond acceptors (Lipinski definition) is 1. The van der Waals surface area contributed by atoms with Crippen molar-refractivity contribution in [3.63, 3.8) is 0 Å². The van der Waals surface area contributed by atoms with Gasteiger partial charge in [-0.25, -0.2) is 0 Å². The second-order valence-corrected chi connectivity index (χ2v) is 21.4. The van der Waals surface area contributed by atoms with Crippen LogP contribution in [0.25, 0.3) is 0 Å². The van der Waals surface area contributed by atoms with Crippen LogP contribution in [0.5, 0.6) is 0 Å². The molecule has 5 fully saturated rings. The molecule has 3 heteroatoms. The Bertz CT molecular complexity index is 928. The fourth-order valence-corrected chi connectivity index (χ4v) is 22.7. The van der Waals surface area contributed by atoms with Gasteiger partial charge in [-0.3, -0.25) is 0 Å². The van der Waals surface area contributed by atoms with Crippen LogP contribution >= 0.6 is 0 Å². The van der Waals surface area contributed by atoms with Gasteiger partial charge in [-0.05, 0) is 0 Å². The van der Waals surface area contributed by atoms with Crippen molar-refractivity contribution in [3.8, 4) is 0 Å². The van der Waals surface area contributed by atoms with Gasteiger partial charge in [0.05, 0.1) is 0 Å². The Kier molecular flexibility index (Phi) is 5.66. The van der Waals surface area contributed by atoms with Crippen LogP contribution in [0.1, 0.15) is 127 Å². The summed E-state index contributed by atoms with van der Waals surface area (Å²) in [5, 5.41) is 0. The third-order valence-corrected chi connectivity index (χ3v) is 20.4. The summed E-state index contributed by atoms with van der Waals surface area (Å²) in [4.78, 5) is 14.7. The number of carbonyl (C=O) groups excluding carboxylic acids is 1. The fourth-order valence-electron chi connectivity index (χ4n) is 11.7. The molecule has 190 valence electrons. The van der Waals surface area contributed by atoms with E-state index in [0.717, 1.165) is 19.3 Å². The molecule has 6 aliphatic rings. The molecule has 2 nitrogen and oxygen atoms in total. The second kappa shape index (κ2) is 7.60. The number of nitrogens with one attached hydrogen (secondary N) is 1. The number of rotatable bonds is 7. The van der Waals surface area contributed by atoms with Crippen molar-refractivity contribution in [2.75, 3.05) is 0 Å². The minimum atomic E-state index is -2.79. The monoisotopic (exact) mass is 501 g/mol. The Morgan fingerprint density at radius 3 is 1.71 bits per heavy atom. The Labute approximate surface area is 213 Å². The van der Waals surface area contributed by atoms with Crippen molar-refractivity contribution in [2.24, 2.45) is 27.6 Å². The van der Waals surface area contributed by atoms with E-state index in [1.54, 1.807) is 15.0 Å². The van der Waals surface area contributed by atoms with E-state index < -0.39 is 16.8 Å². The van der Waals surface area contributed by atoms with E-state index in [1.165, 1.54) is 55.2 Å². The van der Waals surface area contributed by atoms with Crippen LogP contribution in [-0.4, -0.2) is 5.91 Å². The van der Waals surface area contributed by atoms with Crippen molar-refractivity contribution in [3.05, 3.63) is 20.6 Å². The first-order valence-electron chi connectivity index (χ1n) is 14.4. The number of carbonyl (C=O) groups is 1. The van der Waals surface area contributed by atoms with E-state index in [1.807, 2.05) is 0 Å². The minimum absolute atomic E-state index is 0.119. The van der Waals surface area contributed by atoms with Crippen molar-refractivity contribution in [1.82, 2.24) is 3.80 Å². The van der Waals surface area contributed by atoms with E-state index in [2.05, 4.69) is 66.1 Å². The Morgan fingerprint density at radius 1 is 0.853 bits per heavy atom. The molecule has 1 amide bonds. The van der Waals surface area contributed by atoms with Gasteiger partial charge in [-0.1, -0.05) is 0 Å². The number of hydrogen-bond donors (Lipinski definition) is 1. The standard InChI is InChI=1S/C14H23NO.C9H13.C8H16.Ti/c1-11-4-12(2)6-13(3,5-11)9-14(7-11,8-12)10(15)16;1-6-5-7(2)9(4)8(6)3;1-4-6-8(3)7-5-2;/h4-9H2,1-3H3,(H2,15,16);6H,1-4H3;3-7H2,1-2H3;/q;;;+1/p-1. The molecule has 34 heavy (non-hydrogen) atoms. The predicted octanol–water partition coefficient (Wildman–Crippen LogP) is 9.01. The first-order chi connectivity index (χ1) is 15.7. The molecule has 6 rings (SSSR count). The molecule has 0 aromatic heterocycles. The first-order valence-corrected chi connectivity index (χ1v) is 17.9. The second-order valence-electron chi connectivity index (χ2n) is 15.2. The van der Waals surface area contributed by atoms with E-state index in [4.69, 9.17) is 0 Å². The predicted molar refractivity (Wildman–Crippen MR) is 140 cm³/mol.